The van der Waals surface area contributed by atoms with E-state index in [2.05, 4.69) is 11.8 Å². The number of Topliss-reactive ketones (excluding diaryl/α,β-unsaturated/α-hetero) is 1. The zero-order chi connectivity index (χ0) is 13.0. The second-order valence-corrected chi connectivity index (χ2v) is 4.78. The van der Waals surface area contributed by atoms with Gasteiger partial charge in [-0.25, -0.2) is 0 Å². The van der Waals surface area contributed by atoms with Gasteiger partial charge < -0.3 is 14.1 Å². The van der Waals surface area contributed by atoms with Gasteiger partial charge in [0.1, 0.15) is 0 Å². The lowest BCUT2D eigenvalue weighted by Gasteiger charge is -2.32. The quantitative estimate of drug-likeness (QED) is 0.755. The van der Waals surface area contributed by atoms with Gasteiger partial charge in [0.05, 0.1) is 6.10 Å². The average molecular weight is 251 g/mol. The minimum atomic E-state index is -0.0305. The van der Waals surface area contributed by atoms with Crippen molar-refractivity contribution in [2.24, 2.45) is 0 Å². The Kier molecular flexibility index (Phi) is 4.42. The van der Waals surface area contributed by atoms with E-state index in [9.17, 15) is 4.79 Å². The Labute approximate surface area is 108 Å². The van der Waals surface area contributed by atoms with Gasteiger partial charge in [0.15, 0.2) is 17.4 Å². The van der Waals surface area contributed by atoms with Crippen LogP contribution >= 0.6 is 0 Å². The third-order valence-corrected chi connectivity index (χ3v) is 3.19. The molecular formula is C14H21NO3. The normalized spacial score (nSPS) is 20.1. The molecule has 0 radical (unpaired) electrons. The molecule has 100 valence electrons. The van der Waals surface area contributed by atoms with Gasteiger partial charge in [-0.1, -0.05) is 6.92 Å². The predicted molar refractivity (Wildman–Crippen MR) is 70.2 cm³/mol. The maximum Gasteiger partial charge on any atom is 0.196 e. The number of hydrogen-bond acceptors (Lipinski definition) is 4. The minimum Gasteiger partial charge on any atom is -0.437 e. The molecule has 1 aromatic heterocycles. The molecule has 0 aliphatic carbocycles. The van der Waals surface area contributed by atoms with Crippen molar-refractivity contribution < 1.29 is 13.9 Å². The van der Waals surface area contributed by atoms with E-state index in [-0.39, 0.29) is 11.9 Å². The summed E-state index contributed by atoms with van der Waals surface area (Å²) in [4.78, 5) is 13.4. The zero-order valence-electron chi connectivity index (χ0n) is 11.1. The van der Waals surface area contributed by atoms with E-state index < -0.39 is 0 Å². The van der Waals surface area contributed by atoms with Crippen molar-refractivity contribution in [1.82, 2.24) is 0 Å². The van der Waals surface area contributed by atoms with Gasteiger partial charge in [-0.15, -0.1) is 0 Å². The summed E-state index contributed by atoms with van der Waals surface area (Å²) in [6.45, 7) is 6.27. The van der Waals surface area contributed by atoms with Crippen molar-refractivity contribution >= 4 is 11.7 Å². The fraction of sp³-hybridized carbons (Fsp3) is 0.643. The SMILES string of the molecule is CCCOC1CCCN(c2ccc(C(C)=O)o2)C1. The average Bonchev–Trinajstić information content (AvgIpc) is 2.86. The maximum atomic E-state index is 11.2. The molecule has 2 heterocycles. The molecule has 1 fully saturated rings. The summed E-state index contributed by atoms with van der Waals surface area (Å²) in [5.41, 5.74) is 0. The summed E-state index contributed by atoms with van der Waals surface area (Å²) < 4.78 is 11.3. The van der Waals surface area contributed by atoms with Gasteiger partial charge in [0.2, 0.25) is 0 Å². The Morgan fingerprint density at radius 3 is 3.06 bits per heavy atom. The largest absolute Gasteiger partial charge is 0.437 e. The van der Waals surface area contributed by atoms with E-state index in [1.807, 2.05) is 6.07 Å². The third-order valence-electron chi connectivity index (χ3n) is 3.19. The van der Waals surface area contributed by atoms with Gasteiger partial charge in [-0.3, -0.25) is 4.79 Å². The number of piperidine rings is 1. The van der Waals surface area contributed by atoms with Crippen molar-refractivity contribution in [1.29, 1.82) is 0 Å². The molecule has 0 saturated carbocycles. The van der Waals surface area contributed by atoms with Gasteiger partial charge in [0.25, 0.3) is 0 Å². The van der Waals surface area contributed by atoms with Gasteiger partial charge in [0, 0.05) is 32.7 Å². The summed E-state index contributed by atoms with van der Waals surface area (Å²) in [5.74, 6) is 1.18. The van der Waals surface area contributed by atoms with Crippen LogP contribution in [0.4, 0.5) is 5.88 Å². The number of ketones is 1. The van der Waals surface area contributed by atoms with E-state index in [0.717, 1.165) is 44.8 Å². The number of carbonyl (C=O) groups is 1. The molecule has 4 nitrogen and oxygen atoms in total. The Hall–Kier alpha value is -1.29. The molecule has 1 aliphatic heterocycles. The zero-order valence-corrected chi connectivity index (χ0v) is 11.1. The number of carbonyl (C=O) groups excluding carboxylic acids is 1. The summed E-state index contributed by atoms with van der Waals surface area (Å²) in [5, 5.41) is 0. The Morgan fingerprint density at radius 1 is 1.56 bits per heavy atom. The second kappa shape index (κ2) is 6.05. The molecule has 2 rings (SSSR count). The van der Waals surface area contributed by atoms with Crippen LogP contribution in [-0.2, 0) is 4.74 Å². The van der Waals surface area contributed by atoms with Crippen LogP contribution in [0.1, 0.15) is 43.7 Å². The molecule has 0 N–H and O–H groups in total. The molecule has 4 heteroatoms. The highest BCUT2D eigenvalue weighted by Crippen LogP contribution is 2.24. The monoisotopic (exact) mass is 251 g/mol. The topological polar surface area (TPSA) is 42.7 Å². The molecular weight excluding hydrogens is 230 g/mol. The summed E-state index contributed by atoms with van der Waals surface area (Å²) >= 11 is 0. The molecule has 1 aromatic rings. The number of furan rings is 1. The fourth-order valence-corrected chi connectivity index (χ4v) is 2.25. The highest BCUT2D eigenvalue weighted by Gasteiger charge is 2.22. The van der Waals surface area contributed by atoms with Crippen molar-refractivity contribution in [3.05, 3.63) is 17.9 Å². The summed E-state index contributed by atoms with van der Waals surface area (Å²) in [6, 6.07) is 3.62. The molecule has 0 spiro atoms. The van der Waals surface area contributed by atoms with E-state index in [1.54, 1.807) is 6.07 Å². The van der Waals surface area contributed by atoms with Crippen LogP contribution in [0.25, 0.3) is 0 Å². The molecule has 18 heavy (non-hydrogen) atoms. The highest BCUT2D eigenvalue weighted by atomic mass is 16.5. The first-order valence-corrected chi connectivity index (χ1v) is 6.68. The van der Waals surface area contributed by atoms with E-state index in [1.165, 1.54) is 6.92 Å². The van der Waals surface area contributed by atoms with Crippen LogP contribution in [0.3, 0.4) is 0 Å². The van der Waals surface area contributed by atoms with Crippen LogP contribution in [0, 0.1) is 0 Å². The lowest BCUT2D eigenvalue weighted by Crippen LogP contribution is -2.39. The maximum absolute atomic E-state index is 11.2. The smallest absolute Gasteiger partial charge is 0.196 e. The van der Waals surface area contributed by atoms with Crippen molar-refractivity contribution in [2.75, 3.05) is 24.6 Å². The van der Waals surface area contributed by atoms with E-state index in [4.69, 9.17) is 9.15 Å². The van der Waals surface area contributed by atoms with Crippen LogP contribution in [0.2, 0.25) is 0 Å². The first-order chi connectivity index (χ1) is 8.70. The molecule has 1 aliphatic rings. The first kappa shape index (κ1) is 13.1. The van der Waals surface area contributed by atoms with Gasteiger partial charge >= 0.3 is 0 Å². The third kappa shape index (κ3) is 3.13. The van der Waals surface area contributed by atoms with E-state index >= 15 is 0 Å². The molecule has 0 bridgehead atoms. The number of rotatable bonds is 5. The summed E-state index contributed by atoms with van der Waals surface area (Å²) in [6.07, 6.45) is 3.54. The highest BCUT2D eigenvalue weighted by molar-refractivity contribution is 5.91. The van der Waals surface area contributed by atoms with E-state index in [0.29, 0.717) is 5.76 Å². The minimum absolute atomic E-state index is 0.0305. The number of hydrogen-bond donors (Lipinski definition) is 0. The molecule has 1 unspecified atom stereocenters. The van der Waals surface area contributed by atoms with Crippen LogP contribution in [0.15, 0.2) is 16.5 Å². The Bertz CT molecular complexity index is 399. The van der Waals surface area contributed by atoms with Crippen molar-refractivity contribution in [3.8, 4) is 0 Å². The predicted octanol–water partition coefficient (Wildman–Crippen LogP) is 2.88. The number of nitrogens with zero attached hydrogens (tertiary/aromatic N) is 1. The fourth-order valence-electron chi connectivity index (χ4n) is 2.25. The molecule has 1 saturated heterocycles. The summed E-state index contributed by atoms with van der Waals surface area (Å²) in [7, 11) is 0. The van der Waals surface area contributed by atoms with Crippen LogP contribution in [-0.4, -0.2) is 31.6 Å². The van der Waals surface area contributed by atoms with Crippen LogP contribution < -0.4 is 4.90 Å². The molecule has 1 atom stereocenters. The lowest BCUT2D eigenvalue weighted by atomic mass is 10.1. The number of ether oxygens (including phenoxy) is 1. The second-order valence-electron chi connectivity index (χ2n) is 4.78. The Morgan fingerprint density at radius 2 is 2.39 bits per heavy atom. The Balaban J connectivity index is 1.96. The van der Waals surface area contributed by atoms with Gasteiger partial charge in [-0.05, 0) is 25.3 Å². The van der Waals surface area contributed by atoms with Crippen molar-refractivity contribution in [3.63, 3.8) is 0 Å². The standard InChI is InChI=1S/C14H21NO3/c1-3-9-17-12-5-4-8-15(10-12)14-7-6-13(18-14)11(2)16/h6-7,12H,3-5,8-10H2,1-2H3. The first-order valence-electron chi connectivity index (χ1n) is 6.68. The van der Waals surface area contributed by atoms with Crippen molar-refractivity contribution in [2.45, 2.75) is 39.2 Å². The van der Waals surface area contributed by atoms with Crippen LogP contribution in [0.5, 0.6) is 0 Å². The van der Waals surface area contributed by atoms with Gasteiger partial charge in [-0.2, -0.15) is 0 Å². The number of anilines is 1. The molecule has 0 aromatic carbocycles. The molecule has 0 amide bonds. The lowest BCUT2D eigenvalue weighted by molar-refractivity contribution is 0.0432.